The molecule has 0 radical (unpaired) electrons. The van der Waals surface area contributed by atoms with E-state index in [-0.39, 0.29) is 6.10 Å². The highest BCUT2D eigenvalue weighted by molar-refractivity contribution is 5.56. The predicted molar refractivity (Wildman–Crippen MR) is 79.4 cm³/mol. The van der Waals surface area contributed by atoms with E-state index in [0.29, 0.717) is 0 Å². The Bertz CT molecular complexity index is 431. The van der Waals surface area contributed by atoms with Gasteiger partial charge in [0.1, 0.15) is 0 Å². The molecule has 104 valence electrons. The number of piperidine rings is 1. The minimum atomic E-state index is -0.321. The number of aliphatic hydroxyl groups excluding tert-OH is 1. The molecule has 1 heterocycles. The van der Waals surface area contributed by atoms with Gasteiger partial charge in [0.2, 0.25) is 0 Å². The van der Waals surface area contributed by atoms with Crippen LogP contribution in [0.3, 0.4) is 0 Å². The van der Waals surface area contributed by atoms with Crippen molar-refractivity contribution in [2.75, 3.05) is 11.4 Å². The van der Waals surface area contributed by atoms with Crippen molar-refractivity contribution in [2.45, 2.75) is 57.6 Å². The molecule has 1 saturated carbocycles. The summed E-state index contributed by atoms with van der Waals surface area (Å²) < 4.78 is 0. The molecule has 2 aliphatic rings. The van der Waals surface area contributed by atoms with Crippen molar-refractivity contribution < 1.29 is 5.11 Å². The maximum Gasteiger partial charge on any atom is 0.0807 e. The zero-order valence-corrected chi connectivity index (χ0v) is 11.9. The molecule has 3 atom stereocenters. The Morgan fingerprint density at radius 1 is 1.21 bits per heavy atom. The second-order valence-corrected chi connectivity index (χ2v) is 6.08. The fraction of sp³-hybridized carbons (Fsp3) is 0.647. The third kappa shape index (κ3) is 2.38. The lowest BCUT2D eigenvalue weighted by Crippen LogP contribution is -2.43. The smallest absolute Gasteiger partial charge is 0.0807 e. The molecular weight excluding hydrogens is 234 g/mol. The largest absolute Gasteiger partial charge is 0.388 e. The molecule has 1 aromatic carbocycles. The topological polar surface area (TPSA) is 23.5 Å². The van der Waals surface area contributed by atoms with Crippen LogP contribution in [0.5, 0.6) is 0 Å². The molecule has 1 aliphatic heterocycles. The van der Waals surface area contributed by atoms with E-state index in [1.165, 1.54) is 37.8 Å². The van der Waals surface area contributed by atoms with Gasteiger partial charge in [0.15, 0.2) is 0 Å². The summed E-state index contributed by atoms with van der Waals surface area (Å²) >= 11 is 0. The van der Waals surface area contributed by atoms with Crippen LogP contribution in [0.2, 0.25) is 0 Å². The van der Waals surface area contributed by atoms with E-state index in [1.807, 2.05) is 6.07 Å². The average Bonchev–Trinajstić information content (AvgIpc) is 2.94. The minimum Gasteiger partial charge on any atom is -0.388 e. The Balaban J connectivity index is 1.92. The Labute approximate surface area is 116 Å². The zero-order chi connectivity index (χ0) is 13.2. The van der Waals surface area contributed by atoms with Gasteiger partial charge in [-0.1, -0.05) is 31.5 Å². The number of benzene rings is 1. The van der Waals surface area contributed by atoms with Gasteiger partial charge in [-0.3, -0.25) is 0 Å². The second-order valence-electron chi connectivity index (χ2n) is 6.08. The maximum absolute atomic E-state index is 10.3. The first-order valence-corrected chi connectivity index (χ1v) is 7.85. The SMILES string of the molecule is CC[C@@H](O)c1ccccc1N1CCCC2CCCC21. The second kappa shape index (κ2) is 5.54. The summed E-state index contributed by atoms with van der Waals surface area (Å²) in [6.07, 6.45) is 7.29. The van der Waals surface area contributed by atoms with Crippen LogP contribution in [0.1, 0.15) is 57.1 Å². The highest BCUT2D eigenvalue weighted by atomic mass is 16.3. The number of hydrogen-bond donors (Lipinski definition) is 1. The van der Waals surface area contributed by atoms with Crippen LogP contribution < -0.4 is 4.90 Å². The summed E-state index contributed by atoms with van der Waals surface area (Å²) in [6.45, 7) is 3.21. The fourth-order valence-electron chi connectivity index (χ4n) is 4.00. The van der Waals surface area contributed by atoms with E-state index >= 15 is 0 Å². The van der Waals surface area contributed by atoms with Crippen LogP contribution in [0.15, 0.2) is 24.3 Å². The Kier molecular flexibility index (Phi) is 3.79. The molecule has 1 aliphatic carbocycles. The highest BCUT2D eigenvalue weighted by Gasteiger charge is 2.35. The molecule has 19 heavy (non-hydrogen) atoms. The number of aliphatic hydroxyl groups is 1. The van der Waals surface area contributed by atoms with E-state index in [2.05, 4.69) is 30.0 Å². The number of fused-ring (bicyclic) bond motifs is 1. The molecule has 0 aromatic heterocycles. The quantitative estimate of drug-likeness (QED) is 0.890. The monoisotopic (exact) mass is 259 g/mol. The third-order valence-corrected chi connectivity index (χ3v) is 4.99. The van der Waals surface area contributed by atoms with Gasteiger partial charge < -0.3 is 10.0 Å². The molecule has 2 heteroatoms. The number of hydrogen-bond acceptors (Lipinski definition) is 2. The lowest BCUT2D eigenvalue weighted by atomic mass is 9.90. The minimum absolute atomic E-state index is 0.321. The van der Waals surface area contributed by atoms with Crippen molar-refractivity contribution in [1.82, 2.24) is 0 Å². The molecular formula is C17H25NO. The number of nitrogens with zero attached hydrogens (tertiary/aromatic N) is 1. The predicted octanol–water partition coefficient (Wildman–Crippen LogP) is 3.90. The highest BCUT2D eigenvalue weighted by Crippen LogP contribution is 2.41. The van der Waals surface area contributed by atoms with Crippen LogP contribution in [0.25, 0.3) is 0 Å². The van der Waals surface area contributed by atoms with Crippen molar-refractivity contribution in [3.8, 4) is 0 Å². The van der Waals surface area contributed by atoms with E-state index < -0.39 is 0 Å². The van der Waals surface area contributed by atoms with Gasteiger partial charge in [0, 0.05) is 23.8 Å². The van der Waals surface area contributed by atoms with Gasteiger partial charge in [0.05, 0.1) is 6.10 Å². The average molecular weight is 259 g/mol. The van der Waals surface area contributed by atoms with E-state index in [4.69, 9.17) is 0 Å². The van der Waals surface area contributed by atoms with Crippen molar-refractivity contribution >= 4 is 5.69 Å². The van der Waals surface area contributed by atoms with Crippen molar-refractivity contribution in [1.29, 1.82) is 0 Å². The maximum atomic E-state index is 10.3. The molecule has 0 bridgehead atoms. The van der Waals surface area contributed by atoms with Gasteiger partial charge in [-0.15, -0.1) is 0 Å². The van der Waals surface area contributed by atoms with Crippen molar-refractivity contribution in [3.63, 3.8) is 0 Å². The first kappa shape index (κ1) is 13.0. The summed E-state index contributed by atoms with van der Waals surface area (Å²) in [5, 5.41) is 10.3. The standard InChI is InChI=1S/C17H25NO/c1-2-17(19)14-9-3-4-10-16(14)18-12-6-8-13-7-5-11-15(13)18/h3-4,9-10,13,15,17,19H,2,5-8,11-12H2,1H3/t13?,15?,17-/m1/s1. The van der Waals surface area contributed by atoms with Crippen LogP contribution in [-0.4, -0.2) is 17.7 Å². The van der Waals surface area contributed by atoms with Gasteiger partial charge in [-0.2, -0.15) is 0 Å². The van der Waals surface area contributed by atoms with Crippen molar-refractivity contribution in [2.24, 2.45) is 5.92 Å². The summed E-state index contributed by atoms with van der Waals surface area (Å²) in [4.78, 5) is 2.59. The zero-order valence-electron chi connectivity index (χ0n) is 11.9. The summed E-state index contributed by atoms with van der Waals surface area (Å²) in [6, 6.07) is 9.18. The Hall–Kier alpha value is -1.02. The van der Waals surface area contributed by atoms with Crippen LogP contribution in [-0.2, 0) is 0 Å². The molecule has 0 spiro atoms. The van der Waals surface area contributed by atoms with Gasteiger partial charge in [-0.25, -0.2) is 0 Å². The van der Waals surface area contributed by atoms with Gasteiger partial charge >= 0.3 is 0 Å². The Morgan fingerprint density at radius 2 is 2.00 bits per heavy atom. The first-order chi connectivity index (χ1) is 9.31. The number of rotatable bonds is 3. The molecule has 1 N–H and O–H groups in total. The van der Waals surface area contributed by atoms with Gasteiger partial charge in [0.25, 0.3) is 0 Å². The summed E-state index contributed by atoms with van der Waals surface area (Å²) in [5.74, 6) is 0.889. The van der Waals surface area contributed by atoms with Gasteiger partial charge in [-0.05, 0) is 44.1 Å². The van der Waals surface area contributed by atoms with Crippen molar-refractivity contribution in [3.05, 3.63) is 29.8 Å². The number of para-hydroxylation sites is 1. The molecule has 1 saturated heterocycles. The fourth-order valence-corrected chi connectivity index (χ4v) is 4.00. The molecule has 0 amide bonds. The van der Waals surface area contributed by atoms with E-state index in [1.54, 1.807) is 0 Å². The molecule has 1 aromatic rings. The first-order valence-electron chi connectivity index (χ1n) is 7.85. The molecule has 2 fully saturated rings. The van der Waals surface area contributed by atoms with E-state index in [0.717, 1.165) is 30.5 Å². The molecule has 3 rings (SSSR count). The summed E-state index contributed by atoms with van der Waals surface area (Å²) in [5.41, 5.74) is 2.41. The lowest BCUT2D eigenvalue weighted by Gasteiger charge is -2.41. The number of anilines is 1. The Morgan fingerprint density at radius 3 is 2.84 bits per heavy atom. The van der Waals surface area contributed by atoms with Crippen LogP contribution >= 0.6 is 0 Å². The lowest BCUT2D eigenvalue weighted by molar-refractivity contribution is 0.173. The summed E-state index contributed by atoms with van der Waals surface area (Å²) in [7, 11) is 0. The third-order valence-electron chi connectivity index (χ3n) is 4.99. The van der Waals surface area contributed by atoms with Crippen LogP contribution in [0, 0.1) is 5.92 Å². The molecule has 2 nitrogen and oxygen atoms in total. The van der Waals surface area contributed by atoms with E-state index in [9.17, 15) is 5.11 Å². The normalized spacial score (nSPS) is 28.2. The van der Waals surface area contributed by atoms with Crippen LogP contribution in [0.4, 0.5) is 5.69 Å². The molecule has 2 unspecified atom stereocenters.